The van der Waals surface area contributed by atoms with Crippen LogP contribution < -0.4 is 5.32 Å². The summed E-state index contributed by atoms with van der Waals surface area (Å²) in [6.45, 7) is 3.06. The molecule has 2 rings (SSSR count). The largest absolute Gasteiger partial charge is 0.349 e. The van der Waals surface area contributed by atoms with Crippen LogP contribution in [-0.4, -0.2) is 16.5 Å². The van der Waals surface area contributed by atoms with E-state index in [-0.39, 0.29) is 6.04 Å². The zero-order valence-electron chi connectivity index (χ0n) is 10.8. The molecule has 2 N–H and O–H groups in total. The first kappa shape index (κ1) is 14.4. The van der Waals surface area contributed by atoms with Gasteiger partial charge >= 0.3 is 0 Å². The van der Waals surface area contributed by atoms with Gasteiger partial charge in [-0.25, -0.2) is 4.98 Å². The van der Waals surface area contributed by atoms with Crippen molar-refractivity contribution in [2.45, 2.75) is 25.8 Å². The molecule has 0 fully saturated rings. The normalized spacial score (nSPS) is 12.6. The van der Waals surface area contributed by atoms with E-state index < -0.39 is 0 Å². The molecule has 3 nitrogen and oxygen atoms in total. The maximum Gasteiger partial charge on any atom is 0.107 e. The van der Waals surface area contributed by atoms with Crippen LogP contribution in [0, 0.1) is 0 Å². The van der Waals surface area contributed by atoms with Crippen LogP contribution in [-0.2, 0) is 6.42 Å². The van der Waals surface area contributed by atoms with Gasteiger partial charge in [-0.3, -0.25) is 0 Å². The predicted molar refractivity (Wildman–Crippen MR) is 79.8 cm³/mol. The fraction of sp³-hybridized carbons (Fsp3) is 0.357. The molecule has 1 aromatic heterocycles. The number of H-pyrrole nitrogens is 1. The summed E-state index contributed by atoms with van der Waals surface area (Å²) in [5.41, 5.74) is 1.01. The second kappa shape index (κ2) is 6.94. The Kier molecular flexibility index (Phi) is 5.25. The summed E-state index contributed by atoms with van der Waals surface area (Å²) >= 11 is 12.4. The van der Waals surface area contributed by atoms with Gasteiger partial charge in [0.15, 0.2) is 0 Å². The Balaban J connectivity index is 2.23. The lowest BCUT2D eigenvalue weighted by atomic mass is 10.0. The topological polar surface area (TPSA) is 40.7 Å². The van der Waals surface area contributed by atoms with E-state index in [0.29, 0.717) is 10.0 Å². The molecular weight excluding hydrogens is 281 g/mol. The lowest BCUT2D eigenvalue weighted by Gasteiger charge is -2.19. The van der Waals surface area contributed by atoms with Gasteiger partial charge in [-0.1, -0.05) is 42.3 Å². The Morgan fingerprint density at radius 1 is 1.37 bits per heavy atom. The van der Waals surface area contributed by atoms with Crippen molar-refractivity contribution in [3.63, 3.8) is 0 Å². The zero-order valence-corrected chi connectivity index (χ0v) is 12.3. The molecule has 1 aromatic carbocycles. The third-order valence-corrected chi connectivity index (χ3v) is 3.78. The van der Waals surface area contributed by atoms with Crippen LogP contribution in [0.5, 0.6) is 0 Å². The summed E-state index contributed by atoms with van der Waals surface area (Å²) < 4.78 is 0. The molecule has 0 amide bonds. The van der Waals surface area contributed by atoms with Crippen LogP contribution in [0.4, 0.5) is 0 Å². The van der Waals surface area contributed by atoms with E-state index in [2.05, 4.69) is 22.2 Å². The van der Waals surface area contributed by atoms with E-state index in [1.54, 1.807) is 12.3 Å². The minimum absolute atomic E-state index is 0.109. The third-order valence-electron chi connectivity index (χ3n) is 2.95. The Bertz CT molecular complexity index is 511. The molecule has 102 valence electrons. The Morgan fingerprint density at radius 2 is 2.21 bits per heavy atom. The van der Waals surface area contributed by atoms with Crippen LogP contribution in [0.1, 0.15) is 30.8 Å². The molecule has 2 aromatic rings. The number of halogens is 2. The molecule has 0 spiro atoms. The predicted octanol–water partition coefficient (Wildman–Crippen LogP) is 4.00. The number of imidazole rings is 1. The van der Waals surface area contributed by atoms with Gasteiger partial charge < -0.3 is 10.3 Å². The van der Waals surface area contributed by atoms with E-state index in [0.717, 1.165) is 30.8 Å². The smallest absolute Gasteiger partial charge is 0.107 e. The molecule has 0 saturated heterocycles. The first-order chi connectivity index (χ1) is 9.22. The monoisotopic (exact) mass is 297 g/mol. The van der Waals surface area contributed by atoms with Crippen LogP contribution in [0.3, 0.4) is 0 Å². The minimum atomic E-state index is 0.109. The lowest BCUT2D eigenvalue weighted by molar-refractivity contribution is 0.520. The van der Waals surface area contributed by atoms with Gasteiger partial charge in [0.05, 0.1) is 10.0 Å². The number of nitrogens with zero attached hydrogens (tertiary/aromatic N) is 1. The Morgan fingerprint density at radius 3 is 2.89 bits per heavy atom. The van der Waals surface area contributed by atoms with Gasteiger partial charge in [0.25, 0.3) is 0 Å². The summed E-state index contributed by atoms with van der Waals surface area (Å²) in [7, 11) is 0. The molecule has 0 aliphatic carbocycles. The number of hydrogen-bond acceptors (Lipinski definition) is 2. The highest BCUT2D eigenvalue weighted by Gasteiger charge is 2.17. The fourth-order valence-corrected chi connectivity index (χ4v) is 2.44. The fourth-order valence-electron chi connectivity index (χ4n) is 2.00. The number of hydrogen-bond donors (Lipinski definition) is 2. The van der Waals surface area contributed by atoms with Gasteiger partial charge in [-0.05, 0) is 24.6 Å². The van der Waals surface area contributed by atoms with Crippen molar-refractivity contribution in [2.24, 2.45) is 0 Å². The van der Waals surface area contributed by atoms with E-state index in [1.807, 2.05) is 18.3 Å². The maximum atomic E-state index is 6.30. The van der Waals surface area contributed by atoms with E-state index >= 15 is 0 Å². The second-order valence-electron chi connectivity index (χ2n) is 4.39. The molecule has 0 saturated carbocycles. The number of aromatic amines is 1. The minimum Gasteiger partial charge on any atom is -0.349 e. The second-order valence-corrected chi connectivity index (χ2v) is 5.17. The van der Waals surface area contributed by atoms with Crippen molar-refractivity contribution in [3.8, 4) is 0 Å². The Hall–Kier alpha value is -1.03. The van der Waals surface area contributed by atoms with Crippen LogP contribution in [0.15, 0.2) is 30.6 Å². The van der Waals surface area contributed by atoms with Crippen molar-refractivity contribution in [1.29, 1.82) is 0 Å². The van der Waals surface area contributed by atoms with Gasteiger partial charge in [-0.2, -0.15) is 0 Å². The Labute approximate surface area is 123 Å². The highest BCUT2D eigenvalue weighted by Crippen LogP contribution is 2.31. The lowest BCUT2D eigenvalue weighted by Crippen LogP contribution is -2.24. The number of aromatic nitrogens is 2. The van der Waals surface area contributed by atoms with Crippen molar-refractivity contribution < 1.29 is 0 Å². The molecule has 0 aliphatic rings. The van der Waals surface area contributed by atoms with Crippen molar-refractivity contribution >= 4 is 23.2 Å². The van der Waals surface area contributed by atoms with Crippen molar-refractivity contribution in [2.75, 3.05) is 6.54 Å². The first-order valence-corrected chi connectivity index (χ1v) is 7.13. The van der Waals surface area contributed by atoms with Gasteiger partial charge in [-0.15, -0.1) is 0 Å². The summed E-state index contributed by atoms with van der Waals surface area (Å²) in [4.78, 5) is 7.39. The average molecular weight is 298 g/mol. The van der Waals surface area contributed by atoms with E-state index in [4.69, 9.17) is 23.2 Å². The molecule has 1 atom stereocenters. The summed E-state index contributed by atoms with van der Waals surface area (Å²) in [5.74, 6) is 0.935. The van der Waals surface area contributed by atoms with Crippen molar-refractivity contribution in [3.05, 3.63) is 52.0 Å². The SMILES string of the molecule is CCCNC(Cc1ncc[nH]1)c1cccc(Cl)c1Cl. The number of nitrogens with one attached hydrogen (secondary N) is 2. The number of benzene rings is 1. The van der Waals surface area contributed by atoms with E-state index in [9.17, 15) is 0 Å². The van der Waals surface area contributed by atoms with Crippen LogP contribution >= 0.6 is 23.2 Å². The third kappa shape index (κ3) is 3.72. The first-order valence-electron chi connectivity index (χ1n) is 6.38. The number of rotatable bonds is 6. The van der Waals surface area contributed by atoms with Crippen molar-refractivity contribution in [1.82, 2.24) is 15.3 Å². The molecular formula is C14H17Cl2N3. The highest BCUT2D eigenvalue weighted by atomic mass is 35.5. The van der Waals surface area contributed by atoms with Gasteiger partial charge in [0.1, 0.15) is 5.82 Å². The molecule has 1 heterocycles. The van der Waals surface area contributed by atoms with Crippen LogP contribution in [0.25, 0.3) is 0 Å². The van der Waals surface area contributed by atoms with E-state index in [1.165, 1.54) is 0 Å². The molecule has 0 bridgehead atoms. The zero-order chi connectivity index (χ0) is 13.7. The average Bonchev–Trinajstić information content (AvgIpc) is 2.91. The molecule has 19 heavy (non-hydrogen) atoms. The summed E-state index contributed by atoms with van der Waals surface area (Å²) in [6, 6.07) is 5.84. The molecule has 0 radical (unpaired) electrons. The standard InChI is InChI=1S/C14H17Cl2N3/c1-2-6-17-12(9-13-18-7-8-19-13)10-4-3-5-11(15)14(10)16/h3-5,7-8,12,17H,2,6,9H2,1H3,(H,18,19). The quantitative estimate of drug-likeness (QED) is 0.846. The van der Waals surface area contributed by atoms with Gasteiger partial charge in [0.2, 0.25) is 0 Å². The van der Waals surface area contributed by atoms with Gasteiger partial charge in [0, 0.05) is 24.9 Å². The van der Waals surface area contributed by atoms with Crippen LogP contribution in [0.2, 0.25) is 10.0 Å². The highest BCUT2D eigenvalue weighted by molar-refractivity contribution is 6.42. The molecule has 1 unspecified atom stereocenters. The molecule has 5 heteroatoms. The molecule has 0 aliphatic heterocycles. The maximum absolute atomic E-state index is 6.30. The summed E-state index contributed by atoms with van der Waals surface area (Å²) in [6.07, 6.45) is 5.40. The summed E-state index contributed by atoms with van der Waals surface area (Å²) in [5, 5.41) is 4.69.